The summed E-state index contributed by atoms with van der Waals surface area (Å²) in [5.41, 5.74) is 1.63. The summed E-state index contributed by atoms with van der Waals surface area (Å²) in [6.07, 6.45) is 0.587. The van der Waals surface area contributed by atoms with E-state index in [0.717, 1.165) is 11.1 Å². The third kappa shape index (κ3) is 4.31. The summed E-state index contributed by atoms with van der Waals surface area (Å²) in [5, 5.41) is 6.10. The van der Waals surface area contributed by atoms with Crippen LogP contribution in [-0.2, 0) is 14.3 Å². The molecule has 0 bridgehead atoms. The van der Waals surface area contributed by atoms with Gasteiger partial charge in [-0.2, -0.15) is 0 Å². The van der Waals surface area contributed by atoms with Crippen molar-refractivity contribution in [3.63, 3.8) is 0 Å². The maximum atomic E-state index is 12.6. The molecule has 22 heavy (non-hydrogen) atoms. The highest BCUT2D eigenvalue weighted by atomic mass is 16.5. The van der Waals surface area contributed by atoms with Crippen molar-refractivity contribution in [3.05, 3.63) is 35.4 Å². The number of cyclic esters (lactones) is 1. The molecule has 1 aliphatic heterocycles. The minimum absolute atomic E-state index is 0.143. The Morgan fingerprint density at radius 1 is 1.27 bits per heavy atom. The monoisotopic (exact) mass is 304 g/mol. The zero-order chi connectivity index (χ0) is 16.3. The summed E-state index contributed by atoms with van der Waals surface area (Å²) in [4.78, 5) is 24.3. The Kier molecular flexibility index (Phi) is 4.86. The lowest BCUT2D eigenvalue weighted by Crippen LogP contribution is -2.49. The standard InChI is InChI=1S/C17H24N2O3/c1-11-5-7-12(8-6-11)14(15(20)19-17(2,3)4)18-13-9-10-22-16(13)21/h5-8,13-14,18H,9-10H2,1-4H3,(H,19,20)/t13-,14+/m0/s1. The largest absolute Gasteiger partial charge is 0.464 e. The Labute approximate surface area is 131 Å². The Morgan fingerprint density at radius 2 is 1.91 bits per heavy atom. The Hall–Kier alpha value is -1.88. The molecule has 0 spiro atoms. The van der Waals surface area contributed by atoms with E-state index in [1.165, 1.54) is 0 Å². The highest BCUT2D eigenvalue weighted by molar-refractivity contribution is 5.85. The van der Waals surface area contributed by atoms with Crippen molar-refractivity contribution < 1.29 is 14.3 Å². The van der Waals surface area contributed by atoms with Crippen LogP contribution in [0.2, 0.25) is 0 Å². The molecule has 0 radical (unpaired) electrons. The van der Waals surface area contributed by atoms with Crippen LogP contribution in [0.5, 0.6) is 0 Å². The number of nitrogens with one attached hydrogen (secondary N) is 2. The van der Waals surface area contributed by atoms with Gasteiger partial charge < -0.3 is 10.1 Å². The van der Waals surface area contributed by atoms with Crippen LogP contribution in [0.15, 0.2) is 24.3 Å². The van der Waals surface area contributed by atoms with Crippen LogP contribution >= 0.6 is 0 Å². The van der Waals surface area contributed by atoms with Gasteiger partial charge in [-0.3, -0.25) is 14.9 Å². The number of esters is 1. The first-order valence-electron chi connectivity index (χ1n) is 7.57. The van der Waals surface area contributed by atoms with E-state index >= 15 is 0 Å². The minimum atomic E-state index is -0.574. The number of carbonyl (C=O) groups is 2. The van der Waals surface area contributed by atoms with Crippen LogP contribution in [0.3, 0.4) is 0 Å². The summed E-state index contributed by atoms with van der Waals surface area (Å²) in [6, 6.07) is 6.74. The van der Waals surface area contributed by atoms with E-state index in [1.54, 1.807) is 0 Å². The molecule has 0 saturated carbocycles. The van der Waals surface area contributed by atoms with Crippen molar-refractivity contribution in [1.82, 2.24) is 10.6 Å². The van der Waals surface area contributed by atoms with E-state index in [9.17, 15) is 9.59 Å². The molecule has 1 aliphatic rings. The zero-order valence-electron chi connectivity index (χ0n) is 13.6. The van der Waals surface area contributed by atoms with E-state index in [1.807, 2.05) is 52.0 Å². The third-order valence-electron chi connectivity index (χ3n) is 3.47. The molecule has 5 heteroatoms. The van der Waals surface area contributed by atoms with Crippen LogP contribution in [0, 0.1) is 6.92 Å². The zero-order valence-corrected chi connectivity index (χ0v) is 13.6. The average molecular weight is 304 g/mol. The molecule has 1 saturated heterocycles. The summed E-state index contributed by atoms with van der Waals surface area (Å²) >= 11 is 0. The van der Waals surface area contributed by atoms with Gasteiger partial charge in [0.1, 0.15) is 12.1 Å². The molecule has 0 unspecified atom stereocenters. The first-order valence-corrected chi connectivity index (χ1v) is 7.57. The van der Waals surface area contributed by atoms with Crippen LogP contribution in [0.1, 0.15) is 44.4 Å². The predicted octanol–water partition coefficient (Wildman–Crippen LogP) is 1.86. The number of aryl methyl sites for hydroxylation is 1. The van der Waals surface area contributed by atoms with Crippen molar-refractivity contribution >= 4 is 11.9 Å². The predicted molar refractivity (Wildman–Crippen MR) is 84.3 cm³/mol. The molecule has 0 aromatic heterocycles. The number of hydrogen-bond acceptors (Lipinski definition) is 4. The number of ether oxygens (including phenoxy) is 1. The van der Waals surface area contributed by atoms with Gasteiger partial charge in [0.15, 0.2) is 0 Å². The molecule has 1 amide bonds. The van der Waals surface area contributed by atoms with Gasteiger partial charge in [-0.15, -0.1) is 0 Å². The summed E-state index contributed by atoms with van der Waals surface area (Å²) in [5.74, 6) is -0.434. The van der Waals surface area contributed by atoms with Crippen molar-refractivity contribution in [2.24, 2.45) is 0 Å². The summed E-state index contributed by atoms with van der Waals surface area (Å²) < 4.78 is 4.97. The first kappa shape index (κ1) is 16.5. The SMILES string of the molecule is Cc1ccc([C@@H](N[C@H]2CCOC2=O)C(=O)NC(C)(C)C)cc1. The summed E-state index contributed by atoms with van der Waals surface area (Å²) in [7, 11) is 0. The smallest absolute Gasteiger partial charge is 0.323 e. The van der Waals surface area contributed by atoms with Gasteiger partial charge in [-0.05, 0) is 33.3 Å². The van der Waals surface area contributed by atoms with Gasteiger partial charge in [-0.25, -0.2) is 0 Å². The van der Waals surface area contributed by atoms with Crippen LogP contribution < -0.4 is 10.6 Å². The molecule has 5 nitrogen and oxygen atoms in total. The van der Waals surface area contributed by atoms with Crippen molar-refractivity contribution in [1.29, 1.82) is 0 Å². The normalized spacial score (nSPS) is 19.6. The molecule has 1 aromatic rings. The minimum Gasteiger partial charge on any atom is -0.464 e. The average Bonchev–Trinajstić information content (AvgIpc) is 2.80. The Morgan fingerprint density at radius 3 is 2.41 bits per heavy atom. The molecule has 2 N–H and O–H groups in total. The van der Waals surface area contributed by atoms with Crippen molar-refractivity contribution in [3.8, 4) is 0 Å². The van der Waals surface area contributed by atoms with Gasteiger partial charge in [-0.1, -0.05) is 29.8 Å². The lowest BCUT2D eigenvalue weighted by molar-refractivity contribution is -0.140. The molecule has 2 rings (SSSR count). The number of carbonyl (C=O) groups excluding carboxylic acids is 2. The van der Waals surface area contributed by atoms with Gasteiger partial charge in [0.25, 0.3) is 0 Å². The van der Waals surface area contributed by atoms with E-state index < -0.39 is 12.1 Å². The fourth-order valence-corrected chi connectivity index (χ4v) is 2.37. The number of rotatable bonds is 4. The Balaban J connectivity index is 2.21. The molecule has 1 aromatic carbocycles. The van der Waals surface area contributed by atoms with Gasteiger partial charge in [0.05, 0.1) is 6.61 Å². The van der Waals surface area contributed by atoms with Gasteiger partial charge >= 0.3 is 5.97 Å². The number of benzene rings is 1. The topological polar surface area (TPSA) is 67.4 Å². The van der Waals surface area contributed by atoms with Crippen LogP contribution in [0.4, 0.5) is 0 Å². The second kappa shape index (κ2) is 6.48. The van der Waals surface area contributed by atoms with Crippen molar-refractivity contribution in [2.75, 3.05) is 6.61 Å². The number of amides is 1. The van der Waals surface area contributed by atoms with E-state index in [0.29, 0.717) is 13.0 Å². The maximum Gasteiger partial charge on any atom is 0.323 e. The second-order valence-electron chi connectivity index (χ2n) is 6.76. The van der Waals surface area contributed by atoms with Crippen molar-refractivity contribution in [2.45, 2.75) is 51.7 Å². The van der Waals surface area contributed by atoms with Crippen LogP contribution in [0.25, 0.3) is 0 Å². The maximum absolute atomic E-state index is 12.6. The fourth-order valence-electron chi connectivity index (χ4n) is 2.37. The first-order chi connectivity index (χ1) is 10.3. The fraction of sp³-hybridized carbons (Fsp3) is 0.529. The summed E-state index contributed by atoms with van der Waals surface area (Å²) in [6.45, 7) is 8.19. The molecule has 1 fully saturated rings. The highest BCUT2D eigenvalue weighted by Crippen LogP contribution is 2.19. The van der Waals surface area contributed by atoms with E-state index in [-0.39, 0.29) is 17.4 Å². The molecule has 2 atom stereocenters. The molecule has 0 aliphatic carbocycles. The van der Waals surface area contributed by atoms with Crippen LogP contribution in [-0.4, -0.2) is 30.1 Å². The second-order valence-corrected chi connectivity index (χ2v) is 6.76. The van der Waals surface area contributed by atoms with Gasteiger partial charge in [0, 0.05) is 12.0 Å². The van der Waals surface area contributed by atoms with E-state index in [4.69, 9.17) is 4.74 Å². The van der Waals surface area contributed by atoms with E-state index in [2.05, 4.69) is 10.6 Å². The Bertz CT molecular complexity index is 546. The highest BCUT2D eigenvalue weighted by Gasteiger charge is 2.33. The van der Waals surface area contributed by atoms with Gasteiger partial charge in [0.2, 0.25) is 5.91 Å². The lowest BCUT2D eigenvalue weighted by Gasteiger charge is -2.27. The lowest BCUT2D eigenvalue weighted by atomic mass is 10.0. The molecule has 1 heterocycles. The molecular weight excluding hydrogens is 280 g/mol. The quantitative estimate of drug-likeness (QED) is 0.833. The molecule has 120 valence electrons. The number of hydrogen-bond donors (Lipinski definition) is 2. The molecular formula is C17H24N2O3. The third-order valence-corrected chi connectivity index (χ3v) is 3.47.